The summed E-state index contributed by atoms with van der Waals surface area (Å²) in [6.07, 6.45) is 7.40. The van der Waals surface area contributed by atoms with E-state index >= 15 is 0 Å². The molecule has 10 nitrogen and oxygen atoms in total. The molecule has 12 heteroatoms. The predicted octanol–water partition coefficient (Wildman–Crippen LogP) is 4.35. The second-order valence-electron chi connectivity index (χ2n) is 10.9. The Hall–Kier alpha value is -4.22. The fourth-order valence-corrected chi connectivity index (χ4v) is 5.78. The van der Waals surface area contributed by atoms with Crippen LogP contribution in [0.15, 0.2) is 55.0 Å². The van der Waals surface area contributed by atoms with Gasteiger partial charge in [0, 0.05) is 60.8 Å². The van der Waals surface area contributed by atoms with Gasteiger partial charge in [-0.1, -0.05) is 0 Å². The molecule has 4 heterocycles. The first-order chi connectivity index (χ1) is 20.4. The van der Waals surface area contributed by atoms with Crippen LogP contribution in [0, 0.1) is 18.7 Å². The second-order valence-corrected chi connectivity index (χ2v) is 10.9. The molecule has 1 atom stereocenters. The molecule has 0 aliphatic carbocycles. The van der Waals surface area contributed by atoms with Crippen molar-refractivity contribution in [1.29, 1.82) is 0 Å². The van der Waals surface area contributed by atoms with Gasteiger partial charge in [-0.15, -0.1) is 12.4 Å². The second kappa shape index (κ2) is 13.0. The van der Waals surface area contributed by atoms with E-state index in [-0.39, 0.29) is 41.9 Å². The van der Waals surface area contributed by atoms with Gasteiger partial charge in [-0.05, 0) is 74.7 Å². The molecule has 2 saturated heterocycles. The number of fused-ring (bicyclic) bond motifs is 1. The Bertz CT molecular complexity index is 1630. The highest BCUT2D eigenvalue weighted by atomic mass is 35.5. The van der Waals surface area contributed by atoms with Crippen molar-refractivity contribution in [1.82, 2.24) is 29.9 Å². The minimum atomic E-state index is -0.450. The number of amides is 2. The molecular formula is C31H35ClFN7O3. The average Bonchev–Trinajstić information content (AvgIpc) is 3.68. The molecule has 0 saturated carbocycles. The first-order valence-corrected chi connectivity index (χ1v) is 14.3. The lowest BCUT2D eigenvalue weighted by Crippen LogP contribution is -2.45. The number of benzene rings is 2. The Morgan fingerprint density at radius 1 is 1.09 bits per heavy atom. The lowest BCUT2D eigenvalue weighted by Gasteiger charge is -2.32. The van der Waals surface area contributed by atoms with Crippen LogP contribution in [-0.4, -0.2) is 70.4 Å². The summed E-state index contributed by atoms with van der Waals surface area (Å²) >= 11 is 0. The number of nitrogens with one attached hydrogen (secondary N) is 3. The zero-order chi connectivity index (χ0) is 29.2. The summed E-state index contributed by atoms with van der Waals surface area (Å²) < 4.78 is 21.2. The monoisotopic (exact) mass is 607 g/mol. The largest absolute Gasteiger partial charge is 0.494 e. The highest BCUT2D eigenvalue weighted by Crippen LogP contribution is 2.29. The molecule has 43 heavy (non-hydrogen) atoms. The number of methoxy groups -OCH3 is 1. The number of aromatic nitrogens is 3. The molecule has 6 rings (SSSR count). The number of carbonyl (C=O) groups is 2. The zero-order valence-corrected chi connectivity index (χ0v) is 24.9. The Kier molecular flexibility index (Phi) is 9.12. The minimum Gasteiger partial charge on any atom is -0.494 e. The summed E-state index contributed by atoms with van der Waals surface area (Å²) in [5.41, 5.74) is 4.19. The van der Waals surface area contributed by atoms with Crippen molar-refractivity contribution in [3.8, 4) is 17.0 Å². The average molecular weight is 608 g/mol. The quantitative estimate of drug-likeness (QED) is 0.286. The van der Waals surface area contributed by atoms with Gasteiger partial charge < -0.3 is 25.6 Å². The number of piperidine rings is 1. The van der Waals surface area contributed by atoms with Gasteiger partial charge in [0.1, 0.15) is 0 Å². The van der Waals surface area contributed by atoms with E-state index in [1.165, 1.54) is 13.2 Å². The number of hydrogen-bond acceptors (Lipinski definition) is 7. The van der Waals surface area contributed by atoms with E-state index in [4.69, 9.17) is 4.74 Å². The fourth-order valence-electron chi connectivity index (χ4n) is 5.78. The van der Waals surface area contributed by atoms with Crippen molar-refractivity contribution in [3.63, 3.8) is 0 Å². The third-order valence-corrected chi connectivity index (χ3v) is 8.15. The van der Waals surface area contributed by atoms with Gasteiger partial charge in [0.25, 0.3) is 5.91 Å². The molecule has 226 valence electrons. The number of imidazole rings is 1. The maximum Gasteiger partial charge on any atom is 0.254 e. The van der Waals surface area contributed by atoms with Crippen molar-refractivity contribution in [2.24, 2.45) is 5.92 Å². The molecule has 0 unspecified atom stereocenters. The number of carbonyl (C=O) groups excluding carboxylic acids is 2. The van der Waals surface area contributed by atoms with Gasteiger partial charge in [0.2, 0.25) is 5.91 Å². The van der Waals surface area contributed by atoms with Crippen LogP contribution < -0.4 is 20.7 Å². The number of ether oxygens (including phenoxy) is 1. The van der Waals surface area contributed by atoms with Crippen LogP contribution in [0.1, 0.15) is 35.2 Å². The Morgan fingerprint density at radius 3 is 2.60 bits per heavy atom. The molecule has 4 aromatic rings. The summed E-state index contributed by atoms with van der Waals surface area (Å²) in [6, 6.07) is 10.6. The van der Waals surface area contributed by atoms with Crippen LogP contribution in [-0.2, 0) is 4.79 Å². The Morgan fingerprint density at radius 2 is 1.91 bits per heavy atom. The van der Waals surface area contributed by atoms with E-state index in [1.807, 2.05) is 34.4 Å². The number of likely N-dealkylation sites (tertiary alicyclic amines) is 1. The van der Waals surface area contributed by atoms with Crippen molar-refractivity contribution in [2.45, 2.75) is 32.2 Å². The number of nitrogens with zero attached hydrogens (tertiary/aromatic N) is 4. The topological polar surface area (TPSA) is 113 Å². The van der Waals surface area contributed by atoms with Gasteiger partial charge >= 0.3 is 0 Å². The van der Waals surface area contributed by atoms with Crippen LogP contribution in [0.4, 0.5) is 15.9 Å². The highest BCUT2D eigenvalue weighted by Gasteiger charge is 2.30. The molecule has 2 aromatic heterocycles. The smallest absolute Gasteiger partial charge is 0.254 e. The third kappa shape index (κ3) is 6.28. The third-order valence-electron chi connectivity index (χ3n) is 8.15. The van der Waals surface area contributed by atoms with Crippen LogP contribution in [0.3, 0.4) is 0 Å². The molecule has 3 N–H and O–H groups in total. The SMILES string of the molecule is COc1ccc(-c2cnc3c(Nc4ccc(C(=O)N5CCC(C(=O)N[C@H]6CCNC6)CC5)c(C)c4)nccn23)cc1F.Cl. The first-order valence-electron chi connectivity index (χ1n) is 14.3. The molecule has 0 bridgehead atoms. The summed E-state index contributed by atoms with van der Waals surface area (Å²) in [6.45, 7) is 4.80. The van der Waals surface area contributed by atoms with Gasteiger partial charge in [-0.3, -0.25) is 14.0 Å². The van der Waals surface area contributed by atoms with Crippen molar-refractivity contribution in [2.75, 3.05) is 38.6 Å². The number of halogens is 2. The lowest BCUT2D eigenvalue weighted by molar-refractivity contribution is -0.126. The number of rotatable bonds is 7. The number of anilines is 2. The van der Waals surface area contributed by atoms with E-state index in [0.29, 0.717) is 54.2 Å². The molecule has 2 aliphatic heterocycles. The molecule has 0 radical (unpaired) electrons. The van der Waals surface area contributed by atoms with Gasteiger partial charge in [0.05, 0.1) is 19.0 Å². The molecular weight excluding hydrogens is 573 g/mol. The predicted molar refractivity (Wildman–Crippen MR) is 165 cm³/mol. The van der Waals surface area contributed by atoms with Crippen LogP contribution in [0.2, 0.25) is 0 Å². The van der Waals surface area contributed by atoms with E-state index < -0.39 is 5.82 Å². The Labute approximate surface area is 255 Å². The fraction of sp³-hybridized carbons (Fsp3) is 0.355. The molecule has 2 amide bonds. The summed E-state index contributed by atoms with van der Waals surface area (Å²) in [4.78, 5) is 36.9. The van der Waals surface area contributed by atoms with Gasteiger partial charge in [-0.25, -0.2) is 14.4 Å². The van der Waals surface area contributed by atoms with E-state index in [2.05, 4.69) is 25.9 Å². The van der Waals surface area contributed by atoms with Crippen molar-refractivity contribution >= 4 is 41.4 Å². The minimum absolute atomic E-state index is 0. The van der Waals surface area contributed by atoms with E-state index in [0.717, 1.165) is 30.8 Å². The summed E-state index contributed by atoms with van der Waals surface area (Å²) in [5.74, 6) is 0.289. The maximum absolute atomic E-state index is 14.3. The first kappa shape index (κ1) is 30.2. The highest BCUT2D eigenvalue weighted by molar-refractivity contribution is 5.96. The maximum atomic E-state index is 14.3. The van der Waals surface area contributed by atoms with Crippen molar-refractivity contribution in [3.05, 3.63) is 71.9 Å². The number of hydrogen-bond donors (Lipinski definition) is 3. The van der Waals surface area contributed by atoms with Gasteiger partial charge in [-0.2, -0.15) is 0 Å². The van der Waals surface area contributed by atoms with Gasteiger partial charge in [0.15, 0.2) is 23.0 Å². The van der Waals surface area contributed by atoms with Crippen LogP contribution >= 0.6 is 12.4 Å². The lowest BCUT2D eigenvalue weighted by atomic mass is 9.94. The summed E-state index contributed by atoms with van der Waals surface area (Å²) in [7, 11) is 1.43. The van der Waals surface area contributed by atoms with E-state index in [1.54, 1.807) is 30.7 Å². The Balaban J connectivity index is 0.00000368. The normalized spacial score (nSPS) is 17.0. The zero-order valence-electron chi connectivity index (χ0n) is 24.1. The standard InChI is InChI=1S/C31H34FN7O3.ClH/c1-19-15-22(4-5-24(19)31(41)38-12-8-20(9-13-38)30(40)37-23-7-10-33-17-23)36-28-29-35-18-26(39(29)14-11-34-28)21-3-6-27(42-2)25(32)16-21;/h3-6,11,14-16,18,20,23,33H,7-10,12-13,17H2,1-2H3,(H,34,36)(H,37,40);1H/t23-;/m0./s1. The molecule has 2 aliphatic rings. The molecule has 2 aromatic carbocycles. The van der Waals surface area contributed by atoms with Crippen molar-refractivity contribution < 1.29 is 18.7 Å². The summed E-state index contributed by atoms with van der Waals surface area (Å²) in [5, 5.41) is 9.73. The molecule has 2 fully saturated rings. The number of aryl methyl sites for hydroxylation is 1. The van der Waals surface area contributed by atoms with Crippen LogP contribution in [0.25, 0.3) is 16.9 Å². The molecule has 0 spiro atoms. The van der Waals surface area contributed by atoms with Crippen LogP contribution in [0.5, 0.6) is 5.75 Å². The van der Waals surface area contributed by atoms with E-state index in [9.17, 15) is 14.0 Å².